The Balaban J connectivity index is 0.00000121. The number of rotatable bonds is 0. The summed E-state index contributed by atoms with van der Waals surface area (Å²) in [5, 5.41) is 9.89. The maximum Gasteiger partial charge on any atom is 1.00 e. The molecule has 0 aromatic heterocycles. The summed E-state index contributed by atoms with van der Waals surface area (Å²) in [6.07, 6.45) is 0. The van der Waals surface area contributed by atoms with E-state index in [2.05, 4.69) is 5.92 Å². The minimum absolute atomic E-state index is 0. The van der Waals surface area contributed by atoms with Gasteiger partial charge in [-0.3, -0.25) is 0 Å². The number of hydrogen-bond donors (Lipinski definition) is 0. The molecule has 0 bridgehead atoms. The van der Waals surface area contributed by atoms with Gasteiger partial charge in [0.05, 0.1) is 0 Å². The first-order valence-corrected chi connectivity index (χ1v) is 3.07. The largest absolute Gasteiger partial charge is 1.00 e. The van der Waals surface area contributed by atoms with Crippen LogP contribution in [0.4, 0.5) is 0 Å². The van der Waals surface area contributed by atoms with Gasteiger partial charge in [0.1, 0.15) is 5.97 Å². The van der Waals surface area contributed by atoms with Gasteiger partial charge in [-0.2, -0.15) is 0 Å². The molecule has 0 unspecified atom stereocenters. The van der Waals surface area contributed by atoms with Crippen LogP contribution in [0, 0.1) is 11.8 Å². The summed E-state index contributed by atoms with van der Waals surface area (Å²) in [5.41, 5.74) is 0.678. The first kappa shape index (κ1) is 12.3. The molecule has 1 aromatic rings. The standard InChI is InChI=1S/C9H6O2.Cs/c10-9(11)7-6-8-4-2-1-3-5-8;/h1-5H,(H,10,11);/q;+1/p-1. The molecule has 0 spiro atoms. The molecule has 0 amide bonds. The van der Waals surface area contributed by atoms with Crippen LogP contribution in [0.2, 0.25) is 0 Å². The van der Waals surface area contributed by atoms with E-state index in [1.807, 2.05) is 12.0 Å². The van der Waals surface area contributed by atoms with Crippen LogP contribution in [-0.2, 0) is 4.79 Å². The fourth-order valence-corrected chi connectivity index (χ4v) is 0.645. The van der Waals surface area contributed by atoms with Gasteiger partial charge >= 0.3 is 68.9 Å². The predicted molar refractivity (Wildman–Crippen MR) is 38.3 cm³/mol. The second kappa shape index (κ2) is 6.78. The summed E-state index contributed by atoms with van der Waals surface area (Å²) in [7, 11) is 0. The van der Waals surface area contributed by atoms with Crippen molar-refractivity contribution in [2.75, 3.05) is 0 Å². The minimum Gasteiger partial charge on any atom is -0.537 e. The Morgan fingerprint density at radius 1 is 1.25 bits per heavy atom. The average molecular weight is 278 g/mol. The molecule has 0 aliphatic rings. The minimum atomic E-state index is -1.35. The van der Waals surface area contributed by atoms with E-state index < -0.39 is 5.97 Å². The Morgan fingerprint density at radius 3 is 2.33 bits per heavy atom. The molecule has 1 aromatic carbocycles. The molecule has 0 atom stereocenters. The molecule has 0 radical (unpaired) electrons. The zero-order valence-electron chi connectivity index (χ0n) is 6.70. The van der Waals surface area contributed by atoms with Crippen molar-refractivity contribution in [3.63, 3.8) is 0 Å². The van der Waals surface area contributed by atoms with E-state index in [1.54, 1.807) is 24.3 Å². The number of aliphatic carboxylic acids is 1. The fraction of sp³-hybridized carbons (Fsp3) is 0. The van der Waals surface area contributed by atoms with Gasteiger partial charge in [-0.05, 0) is 18.1 Å². The zero-order valence-corrected chi connectivity index (χ0v) is 13.0. The van der Waals surface area contributed by atoms with Gasteiger partial charge in [0.25, 0.3) is 0 Å². The molecule has 0 fully saturated rings. The van der Waals surface area contributed by atoms with E-state index in [-0.39, 0.29) is 68.9 Å². The summed E-state index contributed by atoms with van der Waals surface area (Å²) >= 11 is 0. The number of carboxylic acid groups (broad SMARTS) is 1. The Hall–Kier alpha value is 0.302. The van der Waals surface area contributed by atoms with Crippen LogP contribution >= 0.6 is 0 Å². The molecule has 0 aliphatic heterocycles. The molecule has 0 saturated carbocycles. The molecule has 3 heteroatoms. The van der Waals surface area contributed by atoms with Crippen LogP contribution in [-0.4, -0.2) is 5.97 Å². The van der Waals surface area contributed by atoms with E-state index in [9.17, 15) is 9.90 Å². The SMILES string of the molecule is O=C([O-])C#Cc1ccccc1.[Cs+]. The van der Waals surface area contributed by atoms with Gasteiger partial charge in [0.15, 0.2) is 0 Å². The molecule has 0 N–H and O–H groups in total. The monoisotopic (exact) mass is 278 g/mol. The third-order valence-electron chi connectivity index (χ3n) is 1.08. The van der Waals surface area contributed by atoms with E-state index in [0.717, 1.165) is 0 Å². The van der Waals surface area contributed by atoms with Crippen molar-refractivity contribution >= 4 is 5.97 Å². The van der Waals surface area contributed by atoms with Crippen molar-refractivity contribution < 1.29 is 78.8 Å². The molecule has 12 heavy (non-hydrogen) atoms. The Kier molecular flexibility index (Phi) is 6.95. The summed E-state index contributed by atoms with van der Waals surface area (Å²) in [6, 6.07) is 8.88. The predicted octanol–water partition coefficient (Wildman–Crippen LogP) is -3.21. The van der Waals surface area contributed by atoms with Crippen LogP contribution in [0.15, 0.2) is 30.3 Å². The maximum absolute atomic E-state index is 9.89. The molecular formula is C9H5CsO2. The van der Waals surface area contributed by atoms with Crippen LogP contribution in [0.3, 0.4) is 0 Å². The van der Waals surface area contributed by atoms with Gasteiger partial charge in [0.2, 0.25) is 0 Å². The van der Waals surface area contributed by atoms with Crippen LogP contribution in [0.25, 0.3) is 0 Å². The Bertz CT molecular complexity index is 308. The van der Waals surface area contributed by atoms with Crippen LogP contribution in [0.1, 0.15) is 5.56 Å². The first-order valence-electron chi connectivity index (χ1n) is 3.07. The van der Waals surface area contributed by atoms with Crippen molar-refractivity contribution in [3.05, 3.63) is 35.9 Å². The molecule has 0 saturated heterocycles. The number of benzene rings is 1. The van der Waals surface area contributed by atoms with Crippen molar-refractivity contribution in [1.29, 1.82) is 0 Å². The topological polar surface area (TPSA) is 40.1 Å². The normalized spacial score (nSPS) is 7.33. The van der Waals surface area contributed by atoms with Crippen LogP contribution in [0.5, 0.6) is 0 Å². The number of carboxylic acids is 1. The van der Waals surface area contributed by atoms with Crippen molar-refractivity contribution in [2.24, 2.45) is 0 Å². The summed E-state index contributed by atoms with van der Waals surface area (Å²) in [5.74, 6) is 3.00. The molecule has 0 aliphatic carbocycles. The van der Waals surface area contributed by atoms with Crippen molar-refractivity contribution in [2.45, 2.75) is 0 Å². The number of hydrogen-bond acceptors (Lipinski definition) is 2. The molecule has 1 rings (SSSR count). The smallest absolute Gasteiger partial charge is 0.537 e. The van der Waals surface area contributed by atoms with Gasteiger partial charge in [-0.15, -0.1) is 0 Å². The average Bonchev–Trinajstić information content (AvgIpc) is 2.03. The molecule has 54 valence electrons. The van der Waals surface area contributed by atoms with Gasteiger partial charge in [0, 0.05) is 5.56 Å². The van der Waals surface area contributed by atoms with E-state index in [0.29, 0.717) is 5.56 Å². The van der Waals surface area contributed by atoms with Gasteiger partial charge < -0.3 is 9.90 Å². The second-order valence-corrected chi connectivity index (χ2v) is 1.90. The first-order chi connectivity index (χ1) is 5.29. The Morgan fingerprint density at radius 2 is 1.83 bits per heavy atom. The van der Waals surface area contributed by atoms with Gasteiger partial charge in [-0.1, -0.05) is 24.1 Å². The van der Waals surface area contributed by atoms with E-state index in [1.165, 1.54) is 0 Å². The van der Waals surface area contributed by atoms with Crippen molar-refractivity contribution in [1.82, 2.24) is 0 Å². The maximum atomic E-state index is 9.89. The van der Waals surface area contributed by atoms with Crippen LogP contribution < -0.4 is 74.0 Å². The van der Waals surface area contributed by atoms with E-state index >= 15 is 0 Å². The summed E-state index contributed by atoms with van der Waals surface area (Å²) < 4.78 is 0. The third kappa shape index (κ3) is 5.04. The molecule has 0 heterocycles. The third-order valence-corrected chi connectivity index (χ3v) is 1.08. The number of carbonyl (C=O) groups is 1. The van der Waals surface area contributed by atoms with E-state index in [4.69, 9.17) is 0 Å². The second-order valence-electron chi connectivity index (χ2n) is 1.90. The fourth-order valence-electron chi connectivity index (χ4n) is 0.645. The molecular weight excluding hydrogens is 273 g/mol. The summed E-state index contributed by atoms with van der Waals surface area (Å²) in [4.78, 5) is 9.89. The zero-order chi connectivity index (χ0) is 8.10. The summed E-state index contributed by atoms with van der Waals surface area (Å²) in [6.45, 7) is 0. The Labute approximate surface area is 130 Å². The van der Waals surface area contributed by atoms with Gasteiger partial charge in [-0.25, -0.2) is 0 Å². The quantitative estimate of drug-likeness (QED) is 0.469. The number of carbonyl (C=O) groups excluding carboxylic acids is 1. The van der Waals surface area contributed by atoms with Crippen molar-refractivity contribution in [3.8, 4) is 11.8 Å². The molecule has 2 nitrogen and oxygen atoms in total.